The Labute approximate surface area is 163 Å². The van der Waals surface area contributed by atoms with Crippen LogP contribution in [0.15, 0.2) is 30.3 Å². The van der Waals surface area contributed by atoms with E-state index in [-0.39, 0.29) is 43.9 Å². The number of alkyl halides is 3. The van der Waals surface area contributed by atoms with Crippen LogP contribution in [-0.2, 0) is 9.59 Å². The van der Waals surface area contributed by atoms with Gasteiger partial charge in [0.1, 0.15) is 6.04 Å². The molecule has 3 rings (SSSR count). The Balaban J connectivity index is 1.70. The van der Waals surface area contributed by atoms with E-state index in [1.54, 1.807) is 11.8 Å². The third kappa shape index (κ3) is 4.01. The monoisotopic (exact) mass is 397 g/mol. The Morgan fingerprint density at radius 3 is 2.39 bits per heavy atom. The van der Waals surface area contributed by atoms with Crippen molar-refractivity contribution in [1.82, 2.24) is 14.7 Å². The number of benzene rings is 1. The number of carbonyl (C=O) groups excluding carboxylic acids is 2. The van der Waals surface area contributed by atoms with Crippen LogP contribution in [0.2, 0.25) is 0 Å². The first-order valence-electron chi connectivity index (χ1n) is 9.51. The number of piperazine rings is 1. The van der Waals surface area contributed by atoms with E-state index in [2.05, 4.69) is 0 Å². The third-order valence-electron chi connectivity index (χ3n) is 6.01. The molecule has 2 heterocycles. The zero-order valence-electron chi connectivity index (χ0n) is 16.3. The second-order valence-electron chi connectivity index (χ2n) is 7.85. The maximum absolute atomic E-state index is 13.4. The molecule has 8 heteroatoms. The number of halogens is 3. The molecule has 2 fully saturated rings. The molecule has 4 unspecified atom stereocenters. The minimum Gasteiger partial charge on any atom is -0.339 e. The van der Waals surface area contributed by atoms with Crippen LogP contribution in [0.25, 0.3) is 0 Å². The maximum Gasteiger partial charge on any atom is 0.405 e. The minimum atomic E-state index is -4.40. The van der Waals surface area contributed by atoms with Gasteiger partial charge in [-0.15, -0.1) is 0 Å². The SMILES string of the molecule is CC(c1ccccc1)N1CC(C(=O)N2CC(C)N(C)C(C(F)(F)F)C2)CC1=O. The molecule has 2 saturated heterocycles. The highest BCUT2D eigenvalue weighted by molar-refractivity contribution is 5.89. The fourth-order valence-electron chi connectivity index (χ4n) is 4.12. The van der Waals surface area contributed by atoms with Gasteiger partial charge >= 0.3 is 6.18 Å². The molecule has 0 bridgehead atoms. The summed E-state index contributed by atoms with van der Waals surface area (Å²) in [7, 11) is 1.44. The summed E-state index contributed by atoms with van der Waals surface area (Å²) >= 11 is 0. The molecule has 28 heavy (non-hydrogen) atoms. The van der Waals surface area contributed by atoms with E-state index in [4.69, 9.17) is 0 Å². The lowest BCUT2D eigenvalue weighted by molar-refractivity contribution is -0.201. The predicted molar refractivity (Wildman–Crippen MR) is 98.3 cm³/mol. The highest BCUT2D eigenvalue weighted by Gasteiger charge is 2.49. The lowest BCUT2D eigenvalue weighted by atomic mass is 10.0. The molecule has 0 saturated carbocycles. The molecule has 1 aromatic rings. The Morgan fingerprint density at radius 1 is 1.14 bits per heavy atom. The topological polar surface area (TPSA) is 43.9 Å². The van der Waals surface area contributed by atoms with E-state index >= 15 is 0 Å². The summed E-state index contributed by atoms with van der Waals surface area (Å²) in [5.41, 5.74) is 0.967. The third-order valence-corrected chi connectivity index (χ3v) is 6.01. The molecule has 2 aliphatic heterocycles. The van der Waals surface area contributed by atoms with Gasteiger partial charge in [-0.2, -0.15) is 13.2 Å². The van der Waals surface area contributed by atoms with Crippen molar-refractivity contribution in [2.24, 2.45) is 5.92 Å². The second kappa shape index (κ2) is 7.73. The van der Waals surface area contributed by atoms with E-state index in [0.29, 0.717) is 0 Å². The van der Waals surface area contributed by atoms with Gasteiger partial charge in [-0.1, -0.05) is 30.3 Å². The number of hydrogen-bond donors (Lipinski definition) is 0. The number of likely N-dealkylation sites (tertiary alicyclic amines) is 1. The maximum atomic E-state index is 13.4. The van der Waals surface area contributed by atoms with E-state index in [0.717, 1.165) is 5.56 Å². The van der Waals surface area contributed by atoms with E-state index in [9.17, 15) is 22.8 Å². The van der Waals surface area contributed by atoms with Crippen molar-refractivity contribution in [3.63, 3.8) is 0 Å². The Kier molecular flexibility index (Phi) is 5.70. The number of hydrogen-bond acceptors (Lipinski definition) is 3. The number of rotatable bonds is 3. The van der Waals surface area contributed by atoms with Crippen molar-refractivity contribution < 1.29 is 22.8 Å². The first-order chi connectivity index (χ1) is 13.1. The quantitative estimate of drug-likeness (QED) is 0.788. The van der Waals surface area contributed by atoms with Crippen LogP contribution in [-0.4, -0.2) is 71.5 Å². The van der Waals surface area contributed by atoms with Crippen molar-refractivity contribution in [3.05, 3.63) is 35.9 Å². The molecule has 0 aromatic heterocycles. The van der Waals surface area contributed by atoms with Gasteiger partial charge in [0, 0.05) is 32.1 Å². The average Bonchev–Trinajstić information content (AvgIpc) is 3.04. The molecule has 154 valence electrons. The van der Waals surface area contributed by atoms with Gasteiger partial charge in [0.15, 0.2) is 0 Å². The number of amides is 2. The van der Waals surface area contributed by atoms with Crippen LogP contribution in [0.3, 0.4) is 0 Å². The molecule has 0 aliphatic carbocycles. The van der Waals surface area contributed by atoms with E-state index in [1.807, 2.05) is 37.3 Å². The fraction of sp³-hybridized carbons (Fsp3) is 0.600. The molecule has 0 N–H and O–H groups in total. The van der Waals surface area contributed by atoms with Crippen LogP contribution >= 0.6 is 0 Å². The van der Waals surface area contributed by atoms with Crippen LogP contribution in [0.4, 0.5) is 13.2 Å². The Morgan fingerprint density at radius 2 is 1.79 bits per heavy atom. The van der Waals surface area contributed by atoms with Crippen molar-refractivity contribution >= 4 is 11.8 Å². The molecule has 5 nitrogen and oxygen atoms in total. The normalized spacial score (nSPS) is 27.9. The summed E-state index contributed by atoms with van der Waals surface area (Å²) in [5.74, 6) is -1.09. The fourth-order valence-corrected chi connectivity index (χ4v) is 4.12. The van der Waals surface area contributed by atoms with Gasteiger partial charge in [0.05, 0.1) is 12.0 Å². The molecule has 4 atom stereocenters. The lowest BCUT2D eigenvalue weighted by Gasteiger charge is -2.44. The molecular weight excluding hydrogens is 371 g/mol. The van der Waals surface area contributed by atoms with Gasteiger partial charge < -0.3 is 9.80 Å². The molecule has 2 amide bonds. The first kappa shape index (κ1) is 20.6. The van der Waals surface area contributed by atoms with Crippen LogP contribution in [0.5, 0.6) is 0 Å². The minimum absolute atomic E-state index is 0.0490. The van der Waals surface area contributed by atoms with Crippen LogP contribution in [0, 0.1) is 5.92 Å². The first-order valence-corrected chi connectivity index (χ1v) is 9.51. The van der Waals surface area contributed by atoms with Gasteiger partial charge in [0.25, 0.3) is 0 Å². The summed E-state index contributed by atoms with van der Waals surface area (Å²) in [6, 6.07) is 7.24. The summed E-state index contributed by atoms with van der Waals surface area (Å²) in [4.78, 5) is 29.6. The van der Waals surface area contributed by atoms with Crippen molar-refractivity contribution in [2.45, 2.75) is 44.6 Å². The molecule has 1 aromatic carbocycles. The number of likely N-dealkylation sites (N-methyl/N-ethyl adjacent to an activating group) is 1. The Hall–Kier alpha value is -2.09. The van der Waals surface area contributed by atoms with Crippen molar-refractivity contribution in [3.8, 4) is 0 Å². The molecule has 0 radical (unpaired) electrons. The Bertz CT molecular complexity index is 725. The molecule has 2 aliphatic rings. The number of carbonyl (C=O) groups is 2. The van der Waals surface area contributed by atoms with Crippen molar-refractivity contribution in [1.29, 1.82) is 0 Å². The zero-order valence-corrected chi connectivity index (χ0v) is 16.3. The number of nitrogens with zero attached hydrogens (tertiary/aromatic N) is 3. The highest BCUT2D eigenvalue weighted by atomic mass is 19.4. The summed E-state index contributed by atoms with van der Waals surface area (Å²) < 4.78 is 40.1. The van der Waals surface area contributed by atoms with Crippen LogP contribution < -0.4 is 0 Å². The van der Waals surface area contributed by atoms with E-state index < -0.39 is 24.2 Å². The van der Waals surface area contributed by atoms with Crippen LogP contribution in [0.1, 0.15) is 31.9 Å². The van der Waals surface area contributed by atoms with Gasteiger partial charge in [0.2, 0.25) is 11.8 Å². The average molecular weight is 397 g/mol. The molecular formula is C20H26F3N3O2. The van der Waals surface area contributed by atoms with E-state index in [1.165, 1.54) is 16.8 Å². The zero-order chi connectivity index (χ0) is 20.6. The summed E-state index contributed by atoms with van der Waals surface area (Å²) in [6.07, 6.45) is -4.35. The van der Waals surface area contributed by atoms with Gasteiger partial charge in [-0.3, -0.25) is 14.5 Å². The lowest BCUT2D eigenvalue weighted by Crippen LogP contribution is -2.62. The second-order valence-corrected chi connectivity index (χ2v) is 7.85. The predicted octanol–water partition coefficient (Wildman–Crippen LogP) is 2.69. The largest absolute Gasteiger partial charge is 0.405 e. The standard InChI is InChI=1S/C20H26F3N3O2/c1-13-10-25(12-17(24(13)3)20(21,22)23)19(28)16-9-18(27)26(11-16)14(2)15-7-5-4-6-8-15/h4-8,13-14,16-17H,9-12H2,1-3H3. The highest BCUT2D eigenvalue weighted by Crippen LogP contribution is 2.32. The van der Waals surface area contributed by atoms with Gasteiger partial charge in [-0.05, 0) is 26.5 Å². The van der Waals surface area contributed by atoms with Crippen molar-refractivity contribution in [2.75, 3.05) is 26.7 Å². The summed E-state index contributed by atoms with van der Waals surface area (Å²) in [5, 5.41) is 0. The van der Waals surface area contributed by atoms with Gasteiger partial charge in [-0.25, -0.2) is 0 Å². The smallest absolute Gasteiger partial charge is 0.339 e. The molecule has 0 spiro atoms. The summed E-state index contributed by atoms with van der Waals surface area (Å²) in [6.45, 7) is 3.67.